The van der Waals surface area contributed by atoms with Crippen LogP contribution in [0.4, 0.5) is 4.79 Å². The molecule has 0 fully saturated rings. The fraction of sp³-hybridized carbons (Fsp3) is 0.562. The highest BCUT2D eigenvalue weighted by atomic mass is 31.1. The molecule has 2 atom stereocenters. The molecule has 1 amide bonds. The fourth-order valence-corrected chi connectivity index (χ4v) is 2.44. The van der Waals surface area contributed by atoms with Gasteiger partial charge in [-0.25, -0.2) is 4.79 Å². The summed E-state index contributed by atoms with van der Waals surface area (Å²) in [7, 11) is 3.81. The summed E-state index contributed by atoms with van der Waals surface area (Å²) >= 11 is 0. The molecule has 0 saturated heterocycles. The number of quaternary nitrogens is 1. The number of alkyl carbamates (subject to hydrolysis) is 1. The molecule has 1 aromatic rings. The van der Waals surface area contributed by atoms with Crippen molar-refractivity contribution in [1.29, 1.82) is 0 Å². The van der Waals surface area contributed by atoms with E-state index in [-0.39, 0.29) is 27.8 Å². The molecule has 1 aromatic carbocycles. The number of nitrogens with one attached hydrogen (secondary N) is 1. The lowest BCUT2D eigenvalue weighted by atomic mass is 10.2. The predicted octanol–water partition coefficient (Wildman–Crippen LogP) is 3.24. The van der Waals surface area contributed by atoms with Crippen LogP contribution in [0.3, 0.4) is 0 Å². The van der Waals surface area contributed by atoms with Crippen molar-refractivity contribution in [2.24, 2.45) is 0 Å². The Morgan fingerprint density at radius 3 is 2.48 bits per heavy atom. The Hall–Kier alpha value is -1.20. The van der Waals surface area contributed by atoms with Gasteiger partial charge in [-0.05, 0) is 26.3 Å². The molecule has 0 saturated carbocycles. The lowest BCUT2D eigenvalue weighted by Crippen LogP contribution is -2.48. The largest absolute Gasteiger partial charge is 0.445 e. The highest BCUT2D eigenvalue weighted by Crippen LogP contribution is 2.21. The average molecular weight is 343 g/mol. The van der Waals surface area contributed by atoms with E-state index in [1.807, 2.05) is 65.2 Å². The Bertz CT molecular complexity index is 468. The fourth-order valence-electron chi connectivity index (χ4n) is 1.93. The summed E-state index contributed by atoms with van der Waals surface area (Å²) in [6.07, 6.45) is -0.293. The zero-order chi connectivity index (χ0) is 17.3. The molecule has 130 valence electrons. The SMILES string of the molecule is CC(C[N+](C)(C)OPOC(C)C)NC(=O)OCc1ccccc1. The maximum absolute atomic E-state index is 11.8. The van der Waals surface area contributed by atoms with Gasteiger partial charge in [0.2, 0.25) is 9.03 Å². The van der Waals surface area contributed by atoms with Gasteiger partial charge in [0, 0.05) is 0 Å². The third-order valence-corrected chi connectivity index (χ3v) is 4.00. The van der Waals surface area contributed by atoms with Crippen LogP contribution in [0.15, 0.2) is 30.3 Å². The average Bonchev–Trinajstić information content (AvgIpc) is 2.44. The van der Waals surface area contributed by atoms with Crippen LogP contribution >= 0.6 is 9.03 Å². The quantitative estimate of drug-likeness (QED) is 0.425. The summed E-state index contributed by atoms with van der Waals surface area (Å²) in [5.74, 6) is 0. The maximum atomic E-state index is 11.8. The number of likely N-dealkylation sites (N-methyl/N-ethyl adjacent to an activating group) is 1. The molecule has 23 heavy (non-hydrogen) atoms. The molecule has 0 aliphatic carbocycles. The van der Waals surface area contributed by atoms with Gasteiger partial charge < -0.3 is 14.6 Å². The predicted molar refractivity (Wildman–Crippen MR) is 91.8 cm³/mol. The highest BCUT2D eigenvalue weighted by molar-refractivity contribution is 7.26. The van der Waals surface area contributed by atoms with Gasteiger partial charge in [-0.2, -0.15) is 9.27 Å². The van der Waals surface area contributed by atoms with Crippen LogP contribution in [0.2, 0.25) is 0 Å². The van der Waals surface area contributed by atoms with Crippen molar-refractivity contribution >= 4 is 15.1 Å². The normalized spacial score (nSPS) is 13.5. The van der Waals surface area contributed by atoms with E-state index >= 15 is 0 Å². The highest BCUT2D eigenvalue weighted by Gasteiger charge is 2.23. The molecule has 0 aliphatic rings. The molecule has 0 spiro atoms. The minimum atomic E-state index is -0.428. The molecular weight excluding hydrogens is 315 g/mol. The molecule has 2 unspecified atom stereocenters. The van der Waals surface area contributed by atoms with Crippen LogP contribution in [0.25, 0.3) is 0 Å². The van der Waals surface area contributed by atoms with Gasteiger partial charge in [0.15, 0.2) is 0 Å². The minimum Gasteiger partial charge on any atom is -0.445 e. The zero-order valence-corrected chi connectivity index (χ0v) is 15.5. The van der Waals surface area contributed by atoms with Crippen LogP contribution in [0.1, 0.15) is 26.3 Å². The first-order valence-electron chi connectivity index (χ1n) is 7.68. The second kappa shape index (κ2) is 9.83. The molecule has 0 heterocycles. The lowest BCUT2D eigenvalue weighted by molar-refractivity contribution is -1.05. The third-order valence-electron chi connectivity index (χ3n) is 2.86. The second-order valence-corrected chi connectivity index (χ2v) is 6.79. The van der Waals surface area contributed by atoms with E-state index in [1.54, 1.807) is 0 Å². The van der Waals surface area contributed by atoms with Crippen LogP contribution in [-0.4, -0.2) is 43.5 Å². The van der Waals surface area contributed by atoms with E-state index in [9.17, 15) is 4.79 Å². The topological polar surface area (TPSA) is 56.8 Å². The number of hydrogen-bond donors (Lipinski definition) is 1. The number of carbonyl (C=O) groups excluding carboxylic acids is 1. The van der Waals surface area contributed by atoms with Crippen molar-refractivity contribution in [3.8, 4) is 0 Å². The van der Waals surface area contributed by atoms with E-state index in [1.165, 1.54) is 0 Å². The molecule has 1 rings (SSSR count). The number of hydrogen-bond acceptors (Lipinski definition) is 4. The van der Waals surface area contributed by atoms with Crippen molar-refractivity contribution in [3.05, 3.63) is 35.9 Å². The van der Waals surface area contributed by atoms with E-state index in [2.05, 4.69) is 5.32 Å². The summed E-state index contributed by atoms with van der Waals surface area (Å²) in [5.41, 5.74) is 0.960. The second-order valence-electron chi connectivity index (χ2n) is 6.20. The number of amides is 1. The standard InChI is InChI=1S/C16H27N2O4P/c1-13(2)21-23-22-18(4,5)11-14(3)17-16(19)20-12-15-9-7-6-8-10-15/h6-10,13-14,23H,11-12H2,1-5H3/p+1. The van der Waals surface area contributed by atoms with Crippen molar-refractivity contribution in [1.82, 2.24) is 5.32 Å². The molecule has 1 N–H and O–H groups in total. The summed E-state index contributed by atoms with van der Waals surface area (Å²) < 4.78 is 16.6. The molecule has 0 aromatic heterocycles. The Balaban J connectivity index is 2.28. The Morgan fingerprint density at radius 2 is 1.87 bits per heavy atom. The molecule has 0 aliphatic heterocycles. The van der Waals surface area contributed by atoms with Crippen molar-refractivity contribution in [2.75, 3.05) is 20.6 Å². The van der Waals surface area contributed by atoms with Crippen LogP contribution in [0, 0.1) is 0 Å². The Morgan fingerprint density at radius 1 is 1.22 bits per heavy atom. The number of carbonyl (C=O) groups is 1. The van der Waals surface area contributed by atoms with Crippen LogP contribution < -0.4 is 5.32 Å². The van der Waals surface area contributed by atoms with Gasteiger partial charge in [0.1, 0.15) is 13.2 Å². The first-order chi connectivity index (χ1) is 10.8. The first kappa shape index (κ1) is 19.8. The summed E-state index contributed by atoms with van der Waals surface area (Å²) in [6.45, 7) is 6.71. The van der Waals surface area contributed by atoms with Gasteiger partial charge in [-0.1, -0.05) is 30.3 Å². The summed E-state index contributed by atoms with van der Waals surface area (Å²) in [6, 6.07) is 9.50. The summed E-state index contributed by atoms with van der Waals surface area (Å²) in [4.78, 5) is 11.8. The van der Waals surface area contributed by atoms with Gasteiger partial charge in [0.05, 0.1) is 26.2 Å². The number of hydroxylamine groups is 3. The van der Waals surface area contributed by atoms with Crippen LogP contribution in [0.5, 0.6) is 0 Å². The minimum absolute atomic E-state index is 0.0309. The zero-order valence-electron chi connectivity index (χ0n) is 14.5. The molecular formula is C16H28N2O4P+. The van der Waals surface area contributed by atoms with Gasteiger partial charge in [0.25, 0.3) is 0 Å². The Labute approximate surface area is 140 Å². The number of benzene rings is 1. The molecule has 7 heteroatoms. The number of rotatable bonds is 9. The first-order valence-corrected chi connectivity index (χ1v) is 8.49. The Kier molecular flexibility index (Phi) is 8.48. The summed E-state index contributed by atoms with van der Waals surface area (Å²) in [5, 5.41) is 2.81. The van der Waals surface area contributed by atoms with Crippen molar-refractivity contribution in [2.45, 2.75) is 39.5 Å². The van der Waals surface area contributed by atoms with E-state index in [4.69, 9.17) is 13.9 Å². The van der Waals surface area contributed by atoms with E-state index in [0.717, 1.165) is 5.56 Å². The maximum Gasteiger partial charge on any atom is 0.407 e. The molecule has 6 nitrogen and oxygen atoms in total. The number of nitrogens with zero attached hydrogens (tertiary/aromatic N) is 1. The van der Waals surface area contributed by atoms with Gasteiger partial charge >= 0.3 is 6.09 Å². The van der Waals surface area contributed by atoms with Crippen LogP contribution in [-0.2, 0) is 20.5 Å². The van der Waals surface area contributed by atoms with Crippen molar-refractivity contribution in [3.63, 3.8) is 0 Å². The molecule has 0 radical (unpaired) electrons. The van der Waals surface area contributed by atoms with E-state index < -0.39 is 6.09 Å². The molecule has 0 bridgehead atoms. The van der Waals surface area contributed by atoms with Crippen molar-refractivity contribution < 1.29 is 23.3 Å². The lowest BCUT2D eigenvalue weighted by Gasteiger charge is -2.29. The van der Waals surface area contributed by atoms with E-state index in [0.29, 0.717) is 11.2 Å². The monoisotopic (exact) mass is 343 g/mol. The van der Waals surface area contributed by atoms with Gasteiger partial charge in [-0.15, -0.1) is 0 Å². The smallest absolute Gasteiger partial charge is 0.407 e. The van der Waals surface area contributed by atoms with Gasteiger partial charge in [-0.3, -0.25) is 0 Å². The number of ether oxygens (including phenoxy) is 1. The third kappa shape index (κ3) is 9.51.